The molecule has 0 saturated carbocycles. The third-order valence-corrected chi connectivity index (χ3v) is 4.78. The van der Waals surface area contributed by atoms with Crippen LogP contribution in [-0.4, -0.2) is 11.2 Å². The van der Waals surface area contributed by atoms with Gasteiger partial charge in [0.15, 0.2) is 4.80 Å². The summed E-state index contributed by atoms with van der Waals surface area (Å²) >= 11 is 1.40. The molecule has 1 aliphatic rings. The molecule has 116 valence electrons. The van der Waals surface area contributed by atoms with E-state index < -0.39 is 0 Å². The lowest BCUT2D eigenvalue weighted by Gasteiger charge is -2.25. The number of hydrogen-bond acceptors (Lipinski definition) is 5. The van der Waals surface area contributed by atoms with Gasteiger partial charge in [0.25, 0.3) is 5.56 Å². The number of para-hydroxylation sites is 1. The van der Waals surface area contributed by atoms with Gasteiger partial charge in [-0.3, -0.25) is 9.36 Å². The lowest BCUT2D eigenvalue weighted by molar-refractivity contribution is 0.524. The van der Waals surface area contributed by atoms with Crippen molar-refractivity contribution in [2.45, 2.75) is 13.6 Å². The summed E-state index contributed by atoms with van der Waals surface area (Å²) in [7, 11) is 0. The first-order valence-corrected chi connectivity index (χ1v) is 8.15. The van der Waals surface area contributed by atoms with Crippen molar-refractivity contribution in [3.63, 3.8) is 0 Å². The van der Waals surface area contributed by atoms with E-state index >= 15 is 0 Å². The summed E-state index contributed by atoms with van der Waals surface area (Å²) in [6.45, 7) is 2.96. The lowest BCUT2D eigenvalue weighted by atomic mass is 10.3. The third kappa shape index (κ3) is 2.61. The second kappa shape index (κ2) is 5.55. The minimum atomic E-state index is -0.0246. The van der Waals surface area contributed by atoms with Crippen molar-refractivity contribution in [2.24, 2.45) is 4.99 Å². The van der Waals surface area contributed by atoms with Crippen molar-refractivity contribution in [2.75, 3.05) is 11.6 Å². The first kappa shape index (κ1) is 14.0. The largest absolute Gasteiger partial charge is 0.462 e. The summed E-state index contributed by atoms with van der Waals surface area (Å²) in [5, 5.41) is 0. The van der Waals surface area contributed by atoms with Crippen LogP contribution in [0.25, 0.3) is 6.08 Å². The van der Waals surface area contributed by atoms with Crippen LogP contribution in [0.1, 0.15) is 11.5 Å². The number of hydrogen-bond donors (Lipinski definition) is 0. The van der Waals surface area contributed by atoms with Crippen molar-refractivity contribution in [3.8, 4) is 0 Å². The van der Waals surface area contributed by atoms with Crippen molar-refractivity contribution in [1.29, 1.82) is 0 Å². The summed E-state index contributed by atoms with van der Waals surface area (Å²) in [5.41, 5.74) is 1.04. The molecule has 0 atom stereocenters. The fourth-order valence-electron chi connectivity index (χ4n) is 2.57. The van der Waals surface area contributed by atoms with Gasteiger partial charge in [-0.05, 0) is 31.2 Å². The van der Waals surface area contributed by atoms with Crippen LogP contribution < -0.4 is 19.8 Å². The molecule has 0 amide bonds. The zero-order valence-electron chi connectivity index (χ0n) is 12.6. The highest BCUT2D eigenvalue weighted by Gasteiger charge is 2.15. The molecule has 0 unspecified atom stereocenters. The maximum Gasteiger partial charge on any atom is 0.271 e. The monoisotopic (exact) mass is 325 g/mol. The van der Waals surface area contributed by atoms with E-state index in [4.69, 9.17) is 4.42 Å². The number of rotatable bonds is 2. The number of anilines is 1. The molecular formula is C17H15N3O2S. The summed E-state index contributed by atoms with van der Waals surface area (Å²) in [4.78, 5) is 20.0. The van der Waals surface area contributed by atoms with Crippen LogP contribution in [0.2, 0.25) is 0 Å². The first-order chi connectivity index (χ1) is 11.2. The van der Waals surface area contributed by atoms with E-state index in [1.54, 1.807) is 10.6 Å². The Morgan fingerprint density at radius 1 is 1.22 bits per heavy atom. The topological polar surface area (TPSA) is 50.7 Å². The van der Waals surface area contributed by atoms with E-state index in [-0.39, 0.29) is 5.56 Å². The van der Waals surface area contributed by atoms with Crippen LogP contribution in [0.15, 0.2) is 56.7 Å². The molecule has 0 saturated heterocycles. The van der Waals surface area contributed by atoms with Crippen LogP contribution in [-0.2, 0) is 6.67 Å². The zero-order valence-corrected chi connectivity index (χ0v) is 13.4. The van der Waals surface area contributed by atoms with E-state index in [0.29, 0.717) is 23.6 Å². The second-order valence-electron chi connectivity index (χ2n) is 5.39. The van der Waals surface area contributed by atoms with Gasteiger partial charge in [-0.25, -0.2) is 4.99 Å². The average Bonchev–Trinajstić information content (AvgIpc) is 3.12. The zero-order chi connectivity index (χ0) is 15.8. The normalized spacial score (nSPS) is 14.7. The SMILES string of the molecule is Cc1ccc(/C=c2/sc3n(c2=O)CN(c2ccccc2)CN=3)o1. The number of benzene rings is 1. The predicted molar refractivity (Wildman–Crippen MR) is 90.2 cm³/mol. The molecule has 0 radical (unpaired) electrons. The van der Waals surface area contributed by atoms with Gasteiger partial charge in [0.2, 0.25) is 0 Å². The lowest BCUT2D eigenvalue weighted by Crippen LogP contribution is -2.42. The van der Waals surface area contributed by atoms with Crippen molar-refractivity contribution in [3.05, 3.63) is 73.7 Å². The molecule has 6 heteroatoms. The molecular weight excluding hydrogens is 310 g/mol. The van der Waals surface area contributed by atoms with Gasteiger partial charge in [-0.1, -0.05) is 29.5 Å². The predicted octanol–water partition coefficient (Wildman–Crippen LogP) is 1.69. The Kier molecular flexibility index (Phi) is 3.38. The Morgan fingerprint density at radius 2 is 2.04 bits per heavy atom. The Bertz CT molecular complexity index is 1010. The molecule has 1 aromatic carbocycles. The van der Waals surface area contributed by atoms with E-state index in [2.05, 4.69) is 9.89 Å². The van der Waals surface area contributed by atoms with Gasteiger partial charge in [-0.15, -0.1) is 0 Å². The molecule has 3 aromatic rings. The summed E-state index contributed by atoms with van der Waals surface area (Å²) < 4.78 is 7.88. The highest BCUT2D eigenvalue weighted by Crippen LogP contribution is 2.14. The van der Waals surface area contributed by atoms with E-state index in [9.17, 15) is 4.79 Å². The third-order valence-electron chi connectivity index (χ3n) is 3.73. The quantitative estimate of drug-likeness (QED) is 0.720. The average molecular weight is 325 g/mol. The van der Waals surface area contributed by atoms with Crippen LogP contribution in [0.3, 0.4) is 0 Å². The molecule has 0 bridgehead atoms. The number of aromatic nitrogens is 1. The Balaban J connectivity index is 1.74. The number of aryl methyl sites for hydroxylation is 1. The number of furan rings is 1. The van der Waals surface area contributed by atoms with Crippen LogP contribution in [0.4, 0.5) is 5.69 Å². The van der Waals surface area contributed by atoms with Crippen LogP contribution >= 0.6 is 11.3 Å². The highest BCUT2D eigenvalue weighted by atomic mass is 32.1. The van der Waals surface area contributed by atoms with Gasteiger partial charge in [0, 0.05) is 11.8 Å². The van der Waals surface area contributed by atoms with Crippen LogP contribution in [0, 0.1) is 6.92 Å². The standard InChI is InChI=1S/C17H15N3O2S/c1-12-7-8-14(22-12)9-15-16(21)20-11-19(10-18-17(20)23-15)13-5-3-2-4-6-13/h2-9H,10-11H2,1H3/b15-9+. The molecule has 3 heterocycles. The fourth-order valence-corrected chi connectivity index (χ4v) is 3.52. The van der Waals surface area contributed by atoms with Gasteiger partial charge in [-0.2, -0.15) is 0 Å². The molecule has 0 fully saturated rings. The van der Waals surface area contributed by atoms with Gasteiger partial charge >= 0.3 is 0 Å². The second-order valence-corrected chi connectivity index (χ2v) is 6.40. The Labute approximate surface area is 136 Å². The minimum Gasteiger partial charge on any atom is -0.462 e. The Hall–Kier alpha value is -2.60. The minimum absolute atomic E-state index is 0.0246. The molecule has 5 nitrogen and oxygen atoms in total. The number of fused-ring (bicyclic) bond motifs is 1. The molecule has 1 aliphatic heterocycles. The molecule has 2 aromatic heterocycles. The van der Waals surface area contributed by atoms with Gasteiger partial charge in [0.05, 0.1) is 4.53 Å². The molecule has 23 heavy (non-hydrogen) atoms. The maximum absolute atomic E-state index is 12.6. The summed E-state index contributed by atoms with van der Waals surface area (Å²) in [5.74, 6) is 1.52. The van der Waals surface area contributed by atoms with E-state index in [0.717, 1.165) is 16.2 Å². The number of nitrogens with zero attached hydrogens (tertiary/aromatic N) is 3. The van der Waals surface area contributed by atoms with Crippen molar-refractivity contribution >= 4 is 23.1 Å². The molecule has 4 rings (SSSR count). The maximum atomic E-state index is 12.6. The Morgan fingerprint density at radius 3 is 2.78 bits per heavy atom. The summed E-state index contributed by atoms with van der Waals surface area (Å²) in [6, 6.07) is 13.8. The van der Waals surface area contributed by atoms with Gasteiger partial charge < -0.3 is 9.32 Å². The highest BCUT2D eigenvalue weighted by molar-refractivity contribution is 7.07. The van der Waals surface area contributed by atoms with Gasteiger partial charge in [0.1, 0.15) is 24.9 Å². The molecule has 0 spiro atoms. The fraction of sp³-hybridized carbons (Fsp3) is 0.176. The number of thiazole rings is 1. The van der Waals surface area contributed by atoms with Crippen molar-refractivity contribution in [1.82, 2.24) is 4.57 Å². The van der Waals surface area contributed by atoms with E-state index in [1.165, 1.54) is 11.3 Å². The summed E-state index contributed by atoms with van der Waals surface area (Å²) in [6.07, 6.45) is 1.79. The molecule has 0 N–H and O–H groups in total. The first-order valence-electron chi connectivity index (χ1n) is 7.33. The van der Waals surface area contributed by atoms with Crippen LogP contribution in [0.5, 0.6) is 0 Å². The smallest absolute Gasteiger partial charge is 0.271 e. The molecule has 0 aliphatic carbocycles. The van der Waals surface area contributed by atoms with Crippen molar-refractivity contribution < 1.29 is 4.42 Å². The van der Waals surface area contributed by atoms with E-state index in [1.807, 2.05) is 49.4 Å².